The zero-order chi connectivity index (χ0) is 21.3. The maximum absolute atomic E-state index is 13.5. The molecule has 156 valence electrons. The van der Waals surface area contributed by atoms with Crippen LogP contribution in [0.2, 0.25) is 0 Å². The molecular weight excluding hydrogens is 378 g/mol. The Labute approximate surface area is 178 Å². The van der Waals surface area contributed by atoms with Crippen molar-refractivity contribution < 1.29 is 13.9 Å². The first-order valence-corrected chi connectivity index (χ1v) is 10.6. The lowest BCUT2D eigenvalue weighted by Crippen LogP contribution is -2.48. The van der Waals surface area contributed by atoms with Gasteiger partial charge in [0.05, 0.1) is 0 Å². The number of nitrogens with zero attached hydrogens (tertiary/aromatic N) is 1. The van der Waals surface area contributed by atoms with E-state index in [0.29, 0.717) is 19.0 Å². The van der Waals surface area contributed by atoms with Crippen LogP contribution in [0.1, 0.15) is 39.2 Å². The SMILES string of the molecule is CC(C)(C)OC(=O)N1CCC(C2=Cc3ccccc3NB2c2ccc(F)cc2)CC1. The van der Waals surface area contributed by atoms with Gasteiger partial charge in [-0.2, -0.15) is 0 Å². The molecule has 1 saturated heterocycles. The van der Waals surface area contributed by atoms with Crippen LogP contribution >= 0.6 is 0 Å². The van der Waals surface area contributed by atoms with Gasteiger partial charge in [-0.05, 0) is 63.3 Å². The number of fused-ring (bicyclic) bond motifs is 1. The van der Waals surface area contributed by atoms with E-state index in [1.54, 1.807) is 4.90 Å². The van der Waals surface area contributed by atoms with Crippen molar-refractivity contribution in [2.45, 2.75) is 39.2 Å². The van der Waals surface area contributed by atoms with Crippen molar-refractivity contribution in [2.24, 2.45) is 5.92 Å². The second-order valence-corrected chi connectivity index (χ2v) is 9.10. The number of amides is 1. The summed E-state index contributed by atoms with van der Waals surface area (Å²) in [5, 5.41) is 3.65. The van der Waals surface area contributed by atoms with Gasteiger partial charge in [0.15, 0.2) is 0 Å². The molecule has 0 bridgehead atoms. The van der Waals surface area contributed by atoms with Crippen LogP contribution in [0.4, 0.5) is 14.9 Å². The van der Waals surface area contributed by atoms with Crippen molar-refractivity contribution in [2.75, 3.05) is 18.3 Å². The van der Waals surface area contributed by atoms with Crippen molar-refractivity contribution >= 4 is 30.2 Å². The van der Waals surface area contributed by atoms with E-state index in [1.165, 1.54) is 23.2 Å². The van der Waals surface area contributed by atoms with E-state index in [0.717, 1.165) is 24.0 Å². The number of allylic oxidation sites excluding steroid dienone is 1. The van der Waals surface area contributed by atoms with Crippen LogP contribution < -0.4 is 10.7 Å². The van der Waals surface area contributed by atoms with E-state index >= 15 is 0 Å². The van der Waals surface area contributed by atoms with E-state index in [9.17, 15) is 9.18 Å². The number of rotatable bonds is 2. The Balaban J connectivity index is 1.55. The van der Waals surface area contributed by atoms with Crippen LogP contribution in [0, 0.1) is 11.7 Å². The number of ether oxygens (including phenoxy) is 1. The van der Waals surface area contributed by atoms with E-state index < -0.39 is 5.60 Å². The first-order valence-electron chi connectivity index (χ1n) is 10.6. The summed E-state index contributed by atoms with van der Waals surface area (Å²) in [4.78, 5) is 14.2. The highest BCUT2D eigenvalue weighted by Gasteiger charge is 2.35. The van der Waals surface area contributed by atoms with Gasteiger partial charge in [-0.1, -0.05) is 47.3 Å². The lowest BCUT2D eigenvalue weighted by molar-refractivity contribution is 0.0196. The van der Waals surface area contributed by atoms with Crippen LogP contribution in [-0.4, -0.2) is 36.5 Å². The highest BCUT2D eigenvalue weighted by atomic mass is 19.1. The quantitative estimate of drug-likeness (QED) is 0.734. The molecule has 1 fully saturated rings. The third-order valence-electron chi connectivity index (χ3n) is 5.74. The second kappa shape index (κ2) is 8.17. The third-order valence-corrected chi connectivity index (χ3v) is 5.74. The monoisotopic (exact) mass is 406 g/mol. The molecule has 0 aliphatic carbocycles. The fraction of sp³-hybridized carbons (Fsp3) is 0.375. The van der Waals surface area contributed by atoms with Gasteiger partial charge in [-0.3, -0.25) is 0 Å². The van der Waals surface area contributed by atoms with Gasteiger partial charge in [-0.15, -0.1) is 0 Å². The van der Waals surface area contributed by atoms with E-state index in [1.807, 2.05) is 45.0 Å². The number of carbonyl (C=O) groups is 1. The fourth-order valence-electron chi connectivity index (χ4n) is 4.26. The number of hydrogen-bond acceptors (Lipinski definition) is 3. The number of benzene rings is 2. The molecule has 6 heteroatoms. The summed E-state index contributed by atoms with van der Waals surface area (Å²) in [5.41, 5.74) is 4.11. The predicted molar refractivity (Wildman–Crippen MR) is 120 cm³/mol. The molecule has 0 radical (unpaired) electrons. The molecule has 0 unspecified atom stereocenters. The van der Waals surface area contributed by atoms with Gasteiger partial charge in [0.1, 0.15) is 11.4 Å². The Hall–Kier alpha value is -2.76. The molecule has 2 aliphatic heterocycles. The molecule has 2 aromatic rings. The molecule has 1 amide bonds. The van der Waals surface area contributed by atoms with Crippen molar-refractivity contribution in [3.63, 3.8) is 0 Å². The Kier molecular flexibility index (Phi) is 5.59. The average molecular weight is 406 g/mol. The number of para-hydroxylation sites is 1. The maximum Gasteiger partial charge on any atom is 0.410 e. The normalized spacial score (nSPS) is 17.1. The first kappa shape index (κ1) is 20.5. The van der Waals surface area contributed by atoms with Gasteiger partial charge in [-0.25, -0.2) is 9.18 Å². The number of piperidine rings is 1. The van der Waals surface area contributed by atoms with Crippen LogP contribution in [0.5, 0.6) is 0 Å². The molecule has 0 atom stereocenters. The largest absolute Gasteiger partial charge is 0.444 e. The Morgan fingerprint density at radius 3 is 2.43 bits per heavy atom. The number of nitrogens with one attached hydrogen (secondary N) is 1. The predicted octanol–water partition coefficient (Wildman–Crippen LogP) is 4.72. The smallest absolute Gasteiger partial charge is 0.410 e. The second-order valence-electron chi connectivity index (χ2n) is 9.10. The van der Waals surface area contributed by atoms with E-state index in [2.05, 4.69) is 23.4 Å². The number of likely N-dealkylation sites (tertiary alicyclic amines) is 1. The van der Waals surface area contributed by atoms with E-state index in [4.69, 9.17) is 4.74 Å². The summed E-state index contributed by atoms with van der Waals surface area (Å²) >= 11 is 0. The highest BCUT2D eigenvalue weighted by molar-refractivity contribution is 6.83. The minimum absolute atomic E-state index is 0.00132. The maximum atomic E-state index is 13.5. The lowest BCUT2D eigenvalue weighted by atomic mass is 9.45. The van der Waals surface area contributed by atoms with Crippen molar-refractivity contribution in [1.82, 2.24) is 4.90 Å². The number of halogens is 1. The summed E-state index contributed by atoms with van der Waals surface area (Å²) in [6.07, 6.45) is 3.80. The summed E-state index contributed by atoms with van der Waals surface area (Å²) in [6.45, 7) is 7.02. The van der Waals surface area contributed by atoms with Crippen LogP contribution in [0.3, 0.4) is 0 Å². The molecule has 2 aliphatic rings. The molecule has 0 aromatic heterocycles. The molecule has 1 N–H and O–H groups in total. The fourth-order valence-corrected chi connectivity index (χ4v) is 4.26. The van der Waals surface area contributed by atoms with Gasteiger partial charge in [0.2, 0.25) is 0 Å². The topological polar surface area (TPSA) is 41.6 Å². The molecule has 2 heterocycles. The van der Waals surface area contributed by atoms with Crippen molar-refractivity contribution in [3.05, 3.63) is 65.4 Å². The van der Waals surface area contributed by atoms with Gasteiger partial charge in [0.25, 0.3) is 0 Å². The molecule has 4 nitrogen and oxygen atoms in total. The van der Waals surface area contributed by atoms with Crippen molar-refractivity contribution in [1.29, 1.82) is 0 Å². The molecule has 2 aromatic carbocycles. The van der Waals surface area contributed by atoms with Gasteiger partial charge in [0, 0.05) is 18.8 Å². The van der Waals surface area contributed by atoms with Gasteiger partial charge < -0.3 is 14.9 Å². The van der Waals surface area contributed by atoms with Crippen molar-refractivity contribution in [3.8, 4) is 0 Å². The van der Waals surface area contributed by atoms with Gasteiger partial charge >= 0.3 is 12.9 Å². The summed E-state index contributed by atoms with van der Waals surface area (Å²) < 4.78 is 19.0. The summed E-state index contributed by atoms with van der Waals surface area (Å²) in [5.74, 6) is 0.116. The Morgan fingerprint density at radius 1 is 1.10 bits per heavy atom. The molecule has 4 rings (SSSR count). The molecule has 30 heavy (non-hydrogen) atoms. The zero-order valence-electron chi connectivity index (χ0n) is 17.8. The summed E-state index contributed by atoms with van der Waals surface area (Å²) in [6, 6.07) is 15.0. The minimum Gasteiger partial charge on any atom is -0.444 e. The van der Waals surface area contributed by atoms with Crippen LogP contribution in [0.25, 0.3) is 6.08 Å². The average Bonchev–Trinajstić information content (AvgIpc) is 2.72. The molecule has 0 saturated carbocycles. The van der Waals surface area contributed by atoms with E-state index in [-0.39, 0.29) is 18.8 Å². The van der Waals surface area contributed by atoms with Crippen LogP contribution in [-0.2, 0) is 4.74 Å². The number of hydrogen-bond donors (Lipinski definition) is 1. The zero-order valence-corrected chi connectivity index (χ0v) is 17.8. The number of anilines is 1. The molecular formula is C24H28BFN2O2. The van der Waals surface area contributed by atoms with Crippen LogP contribution in [0.15, 0.2) is 54.0 Å². The number of carbonyl (C=O) groups excluding carboxylic acids is 1. The third kappa shape index (κ3) is 4.53. The Morgan fingerprint density at radius 2 is 1.77 bits per heavy atom. The highest BCUT2D eigenvalue weighted by Crippen LogP contribution is 2.34. The summed E-state index contributed by atoms with van der Waals surface area (Å²) in [7, 11) is 0. The lowest BCUT2D eigenvalue weighted by Gasteiger charge is -2.37. The standard InChI is InChI=1S/C24H28BFN2O2/c1-24(2,3)30-23(29)28-14-12-17(13-15-28)21-16-18-6-4-5-7-22(18)27-25(21)19-8-10-20(26)11-9-19/h4-11,16-17,27H,12-15H2,1-3H3. The first-order chi connectivity index (χ1) is 14.3. The molecule has 0 spiro atoms. The minimum atomic E-state index is -0.485. The Bertz CT molecular complexity index is 944.